The van der Waals surface area contributed by atoms with E-state index in [-0.39, 0.29) is 16.6 Å². The number of carbonyl (C=O) groups excluding carboxylic acids is 1. The third-order valence-electron chi connectivity index (χ3n) is 4.29. The van der Waals surface area contributed by atoms with E-state index in [1.807, 2.05) is 31.2 Å². The van der Waals surface area contributed by atoms with Crippen molar-refractivity contribution in [3.8, 4) is 5.75 Å². The largest absolute Gasteiger partial charge is 0.492 e. The second kappa shape index (κ2) is 9.39. The summed E-state index contributed by atoms with van der Waals surface area (Å²) >= 11 is 0. The zero-order valence-electron chi connectivity index (χ0n) is 16.2. The van der Waals surface area contributed by atoms with Gasteiger partial charge in [-0.3, -0.25) is 4.79 Å². The monoisotopic (exact) mass is 409 g/mol. The van der Waals surface area contributed by atoms with E-state index in [1.165, 1.54) is 0 Å². The predicted octanol–water partition coefficient (Wildman–Crippen LogP) is 3.78. The smallest absolute Gasteiger partial charge is 0.251 e. The van der Waals surface area contributed by atoms with Crippen LogP contribution in [0.3, 0.4) is 0 Å². The van der Waals surface area contributed by atoms with Crippen LogP contribution in [0.25, 0.3) is 0 Å². The number of benzene rings is 3. The normalized spacial score (nSPS) is 11.1. The SMILES string of the molecule is Cc1cccc(OCCNC(=O)c2cccc(CS(=O)(=O)c3ccccc3)c2)c1. The molecule has 5 nitrogen and oxygen atoms in total. The molecule has 1 N–H and O–H groups in total. The Kier molecular flexibility index (Phi) is 6.67. The lowest BCUT2D eigenvalue weighted by molar-refractivity contribution is 0.0947. The van der Waals surface area contributed by atoms with Gasteiger partial charge in [0.25, 0.3) is 5.91 Å². The van der Waals surface area contributed by atoms with Crippen molar-refractivity contribution in [3.63, 3.8) is 0 Å². The van der Waals surface area contributed by atoms with E-state index in [4.69, 9.17) is 4.74 Å². The molecule has 150 valence electrons. The summed E-state index contributed by atoms with van der Waals surface area (Å²) in [7, 11) is -3.46. The molecule has 0 atom stereocenters. The minimum absolute atomic E-state index is 0.158. The van der Waals surface area contributed by atoms with Crippen molar-refractivity contribution in [2.75, 3.05) is 13.2 Å². The molecule has 0 spiro atoms. The van der Waals surface area contributed by atoms with E-state index in [1.54, 1.807) is 54.6 Å². The Hall–Kier alpha value is -3.12. The topological polar surface area (TPSA) is 72.5 Å². The van der Waals surface area contributed by atoms with Crippen LogP contribution in [0.2, 0.25) is 0 Å². The molecule has 6 heteroatoms. The van der Waals surface area contributed by atoms with E-state index >= 15 is 0 Å². The van der Waals surface area contributed by atoms with Crippen LogP contribution in [0.1, 0.15) is 21.5 Å². The van der Waals surface area contributed by atoms with Gasteiger partial charge in [0.1, 0.15) is 12.4 Å². The summed E-state index contributed by atoms with van der Waals surface area (Å²) in [5.74, 6) is 0.332. The fourth-order valence-corrected chi connectivity index (χ4v) is 4.23. The molecule has 3 aromatic carbocycles. The van der Waals surface area contributed by atoms with E-state index < -0.39 is 9.84 Å². The second-order valence-electron chi connectivity index (χ2n) is 6.69. The van der Waals surface area contributed by atoms with E-state index in [9.17, 15) is 13.2 Å². The van der Waals surface area contributed by atoms with Gasteiger partial charge >= 0.3 is 0 Å². The number of hydrogen-bond donors (Lipinski definition) is 1. The van der Waals surface area contributed by atoms with Crippen molar-refractivity contribution in [3.05, 3.63) is 95.6 Å². The van der Waals surface area contributed by atoms with E-state index in [0.717, 1.165) is 11.3 Å². The minimum Gasteiger partial charge on any atom is -0.492 e. The molecule has 0 aliphatic heterocycles. The molecule has 0 radical (unpaired) electrons. The lowest BCUT2D eigenvalue weighted by Crippen LogP contribution is -2.28. The van der Waals surface area contributed by atoms with Crippen LogP contribution in [-0.4, -0.2) is 27.5 Å². The second-order valence-corrected chi connectivity index (χ2v) is 8.68. The van der Waals surface area contributed by atoms with Crippen LogP contribution >= 0.6 is 0 Å². The molecule has 3 rings (SSSR count). The molecule has 0 unspecified atom stereocenters. The summed E-state index contributed by atoms with van der Waals surface area (Å²) in [5, 5.41) is 2.79. The third-order valence-corrected chi connectivity index (χ3v) is 6.00. The summed E-state index contributed by atoms with van der Waals surface area (Å²) in [6, 6.07) is 22.7. The van der Waals surface area contributed by atoms with E-state index in [0.29, 0.717) is 24.3 Å². The number of aryl methyl sites for hydroxylation is 1. The fraction of sp³-hybridized carbons (Fsp3) is 0.174. The predicted molar refractivity (Wildman–Crippen MR) is 113 cm³/mol. The van der Waals surface area contributed by atoms with Crippen LogP contribution < -0.4 is 10.1 Å². The number of carbonyl (C=O) groups is 1. The Bertz CT molecular complexity index is 1080. The molecular weight excluding hydrogens is 386 g/mol. The Labute approximate surface area is 171 Å². The molecule has 0 heterocycles. The zero-order chi connectivity index (χ0) is 20.7. The van der Waals surface area contributed by atoms with Crippen molar-refractivity contribution in [1.29, 1.82) is 0 Å². The van der Waals surface area contributed by atoms with E-state index in [2.05, 4.69) is 5.32 Å². The highest BCUT2D eigenvalue weighted by Gasteiger charge is 2.16. The molecule has 0 bridgehead atoms. The van der Waals surface area contributed by atoms with Gasteiger partial charge in [-0.2, -0.15) is 0 Å². The number of hydrogen-bond acceptors (Lipinski definition) is 4. The molecule has 0 aromatic heterocycles. The minimum atomic E-state index is -3.46. The lowest BCUT2D eigenvalue weighted by Gasteiger charge is -2.09. The first-order valence-electron chi connectivity index (χ1n) is 9.28. The molecule has 0 fully saturated rings. The zero-order valence-corrected chi connectivity index (χ0v) is 17.0. The quantitative estimate of drug-likeness (QED) is 0.575. The number of ether oxygens (including phenoxy) is 1. The van der Waals surface area contributed by atoms with Crippen molar-refractivity contribution in [1.82, 2.24) is 5.32 Å². The van der Waals surface area contributed by atoms with Gasteiger partial charge in [0, 0.05) is 5.56 Å². The maximum Gasteiger partial charge on any atom is 0.251 e. The van der Waals surface area contributed by atoms with Crippen LogP contribution in [0, 0.1) is 6.92 Å². The molecule has 0 aliphatic carbocycles. The Morgan fingerprint density at radius 2 is 1.69 bits per heavy atom. The molecule has 3 aromatic rings. The van der Waals surface area contributed by atoms with Crippen LogP contribution in [0.4, 0.5) is 0 Å². The first-order valence-corrected chi connectivity index (χ1v) is 10.9. The Morgan fingerprint density at radius 3 is 2.45 bits per heavy atom. The number of sulfone groups is 1. The van der Waals surface area contributed by atoms with Gasteiger partial charge in [0.05, 0.1) is 17.2 Å². The van der Waals surface area contributed by atoms with Crippen LogP contribution in [0.5, 0.6) is 5.75 Å². The summed E-state index contributed by atoms with van der Waals surface area (Å²) < 4.78 is 30.7. The highest BCUT2D eigenvalue weighted by molar-refractivity contribution is 7.90. The maximum atomic E-state index is 12.5. The van der Waals surface area contributed by atoms with Crippen molar-refractivity contribution >= 4 is 15.7 Å². The van der Waals surface area contributed by atoms with Gasteiger partial charge in [0.2, 0.25) is 0 Å². The average molecular weight is 410 g/mol. The highest BCUT2D eigenvalue weighted by Crippen LogP contribution is 2.17. The number of rotatable bonds is 8. The van der Waals surface area contributed by atoms with Gasteiger partial charge in [-0.15, -0.1) is 0 Å². The highest BCUT2D eigenvalue weighted by atomic mass is 32.2. The van der Waals surface area contributed by atoms with Crippen molar-refractivity contribution < 1.29 is 17.9 Å². The van der Waals surface area contributed by atoms with Gasteiger partial charge in [-0.1, -0.05) is 42.5 Å². The first-order chi connectivity index (χ1) is 13.9. The molecule has 0 aliphatic rings. The molecule has 29 heavy (non-hydrogen) atoms. The first kappa shape index (κ1) is 20.6. The number of amides is 1. The lowest BCUT2D eigenvalue weighted by atomic mass is 10.1. The van der Waals surface area contributed by atoms with Gasteiger partial charge in [-0.25, -0.2) is 8.42 Å². The van der Waals surface area contributed by atoms with Crippen molar-refractivity contribution in [2.45, 2.75) is 17.6 Å². The van der Waals surface area contributed by atoms with Crippen molar-refractivity contribution in [2.24, 2.45) is 0 Å². The molecule has 0 saturated carbocycles. The summed E-state index contributed by atoms with van der Waals surface area (Å²) in [5.41, 5.74) is 2.09. The van der Waals surface area contributed by atoms with Crippen LogP contribution in [0.15, 0.2) is 83.8 Å². The number of nitrogens with one attached hydrogen (secondary N) is 1. The summed E-state index contributed by atoms with van der Waals surface area (Å²) in [6.07, 6.45) is 0. The van der Waals surface area contributed by atoms with Crippen LogP contribution in [-0.2, 0) is 15.6 Å². The van der Waals surface area contributed by atoms with Gasteiger partial charge < -0.3 is 10.1 Å². The standard InChI is InChI=1S/C23H23NO4S/c1-18-7-5-10-21(15-18)28-14-13-24-23(25)20-9-6-8-19(16-20)17-29(26,27)22-11-3-2-4-12-22/h2-12,15-16H,13-14,17H2,1H3,(H,24,25). The van der Waals surface area contributed by atoms with Gasteiger partial charge in [-0.05, 0) is 54.4 Å². The van der Waals surface area contributed by atoms with Gasteiger partial charge in [0.15, 0.2) is 9.84 Å². The maximum absolute atomic E-state index is 12.5. The Morgan fingerprint density at radius 1 is 0.931 bits per heavy atom. The third kappa shape index (κ3) is 5.93. The molecule has 0 saturated heterocycles. The summed E-state index contributed by atoms with van der Waals surface area (Å²) in [6.45, 7) is 2.68. The summed E-state index contributed by atoms with van der Waals surface area (Å²) in [4.78, 5) is 12.6. The Balaban J connectivity index is 1.56. The molecular formula is C23H23NO4S. The fourth-order valence-electron chi connectivity index (χ4n) is 2.87. The average Bonchev–Trinajstić information content (AvgIpc) is 2.72. The molecule has 1 amide bonds.